The van der Waals surface area contributed by atoms with Crippen molar-refractivity contribution in [2.45, 2.75) is 19.8 Å². The Kier molecular flexibility index (Phi) is 5.39. The molecule has 0 radical (unpaired) electrons. The zero-order chi connectivity index (χ0) is 18.6. The van der Waals surface area contributed by atoms with Gasteiger partial charge in [-0.25, -0.2) is 0 Å². The van der Waals surface area contributed by atoms with Gasteiger partial charge in [0.2, 0.25) is 5.91 Å². The quantitative estimate of drug-likeness (QED) is 0.762. The van der Waals surface area contributed by atoms with E-state index in [1.54, 1.807) is 24.3 Å². The van der Waals surface area contributed by atoms with Crippen LogP contribution in [0.5, 0.6) is 0 Å². The molecule has 0 unspecified atom stereocenters. The molecule has 138 valence electrons. The molecule has 1 aliphatic rings. The van der Waals surface area contributed by atoms with Crippen LogP contribution >= 0.6 is 0 Å². The van der Waals surface area contributed by atoms with Crippen LogP contribution in [0.25, 0.3) is 0 Å². The van der Waals surface area contributed by atoms with E-state index in [1.165, 1.54) is 6.26 Å². The second kappa shape index (κ2) is 7.72. The number of hydrogen-bond acceptors (Lipinski definition) is 5. The fraction of sp³-hybridized carbons (Fsp3) is 0.368. The monoisotopic (exact) mass is 357 g/mol. The number of hydrogen-bond donors (Lipinski definition) is 3. The maximum absolute atomic E-state index is 12.7. The maximum Gasteiger partial charge on any atom is 0.291 e. The molecule has 2 heterocycles. The molecule has 2 aromatic rings. The summed E-state index contributed by atoms with van der Waals surface area (Å²) in [5, 5.41) is 5.74. The van der Waals surface area contributed by atoms with Crippen molar-refractivity contribution in [2.75, 3.05) is 30.4 Å². The Labute approximate surface area is 151 Å². The third kappa shape index (κ3) is 3.79. The van der Waals surface area contributed by atoms with E-state index < -0.39 is 5.41 Å². The van der Waals surface area contributed by atoms with Crippen LogP contribution in [0, 0.1) is 12.3 Å². The van der Waals surface area contributed by atoms with Crippen LogP contribution in [0.3, 0.4) is 0 Å². The minimum atomic E-state index is -0.585. The lowest BCUT2D eigenvalue weighted by Crippen LogP contribution is -2.46. The SMILES string of the molecule is Cc1cc(NC(=O)C2(CN)CCOCC2)ccc1NC(=O)c1ccco1. The molecule has 1 saturated heterocycles. The Bertz CT molecular complexity index is 780. The molecular weight excluding hydrogens is 334 g/mol. The van der Waals surface area contributed by atoms with Gasteiger partial charge in [0.1, 0.15) is 0 Å². The predicted octanol–water partition coefficient (Wildman–Crippen LogP) is 2.53. The van der Waals surface area contributed by atoms with Crippen LogP contribution in [0.15, 0.2) is 41.0 Å². The molecule has 0 saturated carbocycles. The highest BCUT2D eigenvalue weighted by Gasteiger charge is 2.38. The summed E-state index contributed by atoms with van der Waals surface area (Å²) in [4.78, 5) is 24.8. The number of carbonyl (C=O) groups is 2. The normalized spacial score (nSPS) is 16.1. The summed E-state index contributed by atoms with van der Waals surface area (Å²) in [5.41, 5.74) is 7.45. The molecule has 0 bridgehead atoms. The third-order valence-corrected chi connectivity index (χ3v) is 4.80. The summed E-state index contributed by atoms with van der Waals surface area (Å²) < 4.78 is 10.4. The van der Waals surface area contributed by atoms with Crippen molar-refractivity contribution in [2.24, 2.45) is 11.1 Å². The first kappa shape index (κ1) is 18.2. The van der Waals surface area contributed by atoms with E-state index in [4.69, 9.17) is 14.9 Å². The summed E-state index contributed by atoms with van der Waals surface area (Å²) in [6, 6.07) is 8.58. The highest BCUT2D eigenvalue weighted by atomic mass is 16.5. The molecule has 2 amide bonds. The van der Waals surface area contributed by atoms with Crippen molar-refractivity contribution in [1.82, 2.24) is 0 Å². The average molecular weight is 357 g/mol. The lowest BCUT2D eigenvalue weighted by molar-refractivity contribution is -0.130. The number of amides is 2. The Morgan fingerprint density at radius 1 is 1.19 bits per heavy atom. The smallest absolute Gasteiger partial charge is 0.291 e. The topological polar surface area (TPSA) is 107 Å². The minimum absolute atomic E-state index is 0.0879. The second-order valence-electron chi connectivity index (χ2n) is 6.51. The molecule has 1 aromatic carbocycles. The number of benzene rings is 1. The zero-order valence-electron chi connectivity index (χ0n) is 14.7. The summed E-state index contributed by atoms with van der Waals surface area (Å²) in [7, 11) is 0. The van der Waals surface area contributed by atoms with Gasteiger partial charge in [-0.05, 0) is 55.7 Å². The van der Waals surface area contributed by atoms with E-state index in [0.29, 0.717) is 44.0 Å². The fourth-order valence-corrected chi connectivity index (χ4v) is 3.02. The van der Waals surface area contributed by atoms with Crippen molar-refractivity contribution in [3.63, 3.8) is 0 Å². The number of ether oxygens (including phenoxy) is 1. The highest BCUT2D eigenvalue weighted by Crippen LogP contribution is 2.31. The van der Waals surface area contributed by atoms with Gasteiger partial charge >= 0.3 is 0 Å². The number of furan rings is 1. The van der Waals surface area contributed by atoms with Gasteiger partial charge in [-0.3, -0.25) is 9.59 Å². The van der Waals surface area contributed by atoms with E-state index in [1.807, 2.05) is 13.0 Å². The summed E-state index contributed by atoms with van der Waals surface area (Å²) >= 11 is 0. The molecule has 0 spiro atoms. The Balaban J connectivity index is 1.69. The first-order valence-electron chi connectivity index (χ1n) is 8.59. The van der Waals surface area contributed by atoms with Crippen molar-refractivity contribution in [3.05, 3.63) is 47.9 Å². The zero-order valence-corrected chi connectivity index (χ0v) is 14.7. The lowest BCUT2D eigenvalue weighted by atomic mass is 9.79. The lowest BCUT2D eigenvalue weighted by Gasteiger charge is -2.34. The van der Waals surface area contributed by atoms with Gasteiger partial charge in [0.05, 0.1) is 11.7 Å². The highest BCUT2D eigenvalue weighted by molar-refractivity contribution is 6.03. The largest absolute Gasteiger partial charge is 0.459 e. The average Bonchev–Trinajstić information content (AvgIpc) is 3.19. The molecule has 0 atom stereocenters. The molecule has 4 N–H and O–H groups in total. The summed E-state index contributed by atoms with van der Waals surface area (Å²) in [5.74, 6) is -0.166. The van der Waals surface area contributed by atoms with E-state index in [0.717, 1.165) is 5.56 Å². The number of aryl methyl sites for hydroxylation is 1. The van der Waals surface area contributed by atoms with Crippen LogP contribution in [-0.2, 0) is 9.53 Å². The van der Waals surface area contributed by atoms with Gasteiger partial charge in [-0.15, -0.1) is 0 Å². The van der Waals surface area contributed by atoms with Gasteiger partial charge in [0.25, 0.3) is 5.91 Å². The third-order valence-electron chi connectivity index (χ3n) is 4.80. The van der Waals surface area contributed by atoms with Crippen molar-refractivity contribution in [3.8, 4) is 0 Å². The Hall–Kier alpha value is -2.64. The Morgan fingerprint density at radius 3 is 2.58 bits per heavy atom. The van der Waals surface area contributed by atoms with Gasteiger partial charge in [-0.1, -0.05) is 0 Å². The number of nitrogens with one attached hydrogen (secondary N) is 2. The molecule has 1 aliphatic heterocycles. The summed E-state index contributed by atoms with van der Waals surface area (Å²) in [6.45, 7) is 3.24. The van der Waals surface area contributed by atoms with E-state index in [-0.39, 0.29) is 17.6 Å². The fourth-order valence-electron chi connectivity index (χ4n) is 3.02. The molecule has 0 aliphatic carbocycles. The summed E-state index contributed by atoms with van der Waals surface area (Å²) in [6.07, 6.45) is 2.68. The first-order valence-corrected chi connectivity index (χ1v) is 8.59. The van der Waals surface area contributed by atoms with Crippen molar-refractivity contribution >= 4 is 23.2 Å². The molecular formula is C19H23N3O4. The van der Waals surface area contributed by atoms with Crippen LogP contribution in [-0.4, -0.2) is 31.6 Å². The number of rotatable bonds is 5. The van der Waals surface area contributed by atoms with Crippen LogP contribution in [0.2, 0.25) is 0 Å². The van der Waals surface area contributed by atoms with Gasteiger partial charge in [0.15, 0.2) is 5.76 Å². The molecule has 1 aromatic heterocycles. The van der Waals surface area contributed by atoms with Crippen LogP contribution in [0.1, 0.15) is 29.0 Å². The van der Waals surface area contributed by atoms with Gasteiger partial charge < -0.3 is 25.5 Å². The molecule has 1 fully saturated rings. The van der Waals surface area contributed by atoms with E-state index in [2.05, 4.69) is 10.6 Å². The molecule has 7 heteroatoms. The van der Waals surface area contributed by atoms with Crippen LogP contribution in [0.4, 0.5) is 11.4 Å². The molecule has 7 nitrogen and oxygen atoms in total. The Morgan fingerprint density at radius 2 is 1.96 bits per heavy atom. The van der Waals surface area contributed by atoms with E-state index >= 15 is 0 Å². The first-order chi connectivity index (χ1) is 12.5. The van der Waals surface area contributed by atoms with Gasteiger partial charge in [-0.2, -0.15) is 0 Å². The van der Waals surface area contributed by atoms with Crippen molar-refractivity contribution < 1.29 is 18.7 Å². The second-order valence-corrected chi connectivity index (χ2v) is 6.51. The maximum atomic E-state index is 12.7. The van der Waals surface area contributed by atoms with Crippen LogP contribution < -0.4 is 16.4 Å². The number of nitrogens with two attached hydrogens (primary N) is 1. The molecule has 26 heavy (non-hydrogen) atoms. The van der Waals surface area contributed by atoms with Crippen molar-refractivity contribution in [1.29, 1.82) is 0 Å². The molecule has 3 rings (SSSR count). The standard InChI is InChI=1S/C19H23N3O4/c1-13-11-14(21-18(24)19(12-20)6-9-25-10-7-19)4-5-15(13)22-17(23)16-3-2-8-26-16/h2-5,8,11H,6-7,9-10,12,20H2,1H3,(H,21,24)(H,22,23). The van der Waals surface area contributed by atoms with E-state index in [9.17, 15) is 9.59 Å². The predicted molar refractivity (Wildman–Crippen MR) is 98.0 cm³/mol. The van der Waals surface area contributed by atoms with Gasteiger partial charge in [0, 0.05) is 31.1 Å². The minimum Gasteiger partial charge on any atom is -0.459 e. The number of anilines is 2. The number of carbonyl (C=O) groups excluding carboxylic acids is 2.